The number of hydrogen-bond donors (Lipinski definition) is 1. The lowest BCUT2D eigenvalue weighted by molar-refractivity contribution is 0.318. The Morgan fingerprint density at radius 2 is 2.25 bits per heavy atom. The molecular weight excluding hydrogens is 156 g/mol. The summed E-state index contributed by atoms with van der Waals surface area (Å²) in [6, 6.07) is 6.66. The predicted molar refractivity (Wildman–Crippen MR) is 45.1 cm³/mol. The lowest BCUT2D eigenvalue weighted by atomic mass is 10.4. The molecule has 12 heavy (non-hydrogen) atoms. The Balaban J connectivity index is 3.17. The van der Waals surface area contributed by atoms with Gasteiger partial charge in [-0.15, -0.1) is 0 Å². The zero-order valence-corrected chi connectivity index (χ0v) is 6.73. The van der Waals surface area contributed by atoms with Crippen LogP contribution in [0.25, 0.3) is 0 Å². The SMILES string of the molecule is COc1ccc(N)cccon1. The lowest BCUT2D eigenvalue weighted by Gasteiger charge is -1.89. The highest BCUT2D eigenvalue weighted by Crippen LogP contribution is 2.02. The average Bonchev–Trinajstić information content (AvgIpc) is 2.17. The third-order valence-electron chi connectivity index (χ3n) is 1.20. The molecule has 0 saturated carbocycles. The third kappa shape index (κ3) is 2.49. The van der Waals surface area contributed by atoms with Crippen LogP contribution in [0.4, 0.5) is 5.69 Å². The molecule has 0 aliphatic heterocycles. The van der Waals surface area contributed by atoms with Gasteiger partial charge in [-0.2, -0.15) is 0 Å². The largest absolute Gasteiger partial charge is 0.479 e. The van der Waals surface area contributed by atoms with E-state index >= 15 is 0 Å². The minimum absolute atomic E-state index is 0.373. The second-order valence-electron chi connectivity index (χ2n) is 2.07. The standard InChI is InChI=1S/C8H10N2O2/c1-11-8-5-4-7(9)3-2-6-12-10-8/h2-6H,9H2,1H3. The van der Waals surface area contributed by atoms with Crippen molar-refractivity contribution in [2.75, 3.05) is 12.8 Å². The fourth-order valence-electron chi connectivity index (χ4n) is 0.627. The number of nitrogens with zero attached hydrogens (tertiary/aromatic N) is 1. The number of anilines is 1. The van der Waals surface area contributed by atoms with Crippen LogP contribution in [-0.2, 0) is 0 Å². The number of nitrogen functional groups attached to an aromatic ring is 1. The predicted octanol–water partition coefficient (Wildman–Crippen LogP) is 1.39. The van der Waals surface area contributed by atoms with E-state index in [0.717, 1.165) is 0 Å². The van der Waals surface area contributed by atoms with Crippen molar-refractivity contribution in [3.63, 3.8) is 0 Å². The van der Waals surface area contributed by atoms with E-state index in [4.69, 9.17) is 15.0 Å². The minimum Gasteiger partial charge on any atom is -0.479 e. The molecule has 2 N–H and O–H groups in total. The molecule has 4 heteroatoms. The number of nitrogens with two attached hydrogens (primary N) is 1. The first-order chi connectivity index (χ1) is 5.83. The molecular formula is C8H10N2O2. The zero-order chi connectivity index (χ0) is 8.81. The molecule has 0 bridgehead atoms. The minimum atomic E-state index is 0.373. The molecule has 1 aromatic rings. The van der Waals surface area contributed by atoms with Crippen LogP contribution in [0.1, 0.15) is 0 Å². The molecule has 0 aromatic carbocycles. The first-order valence-corrected chi connectivity index (χ1v) is 3.41. The summed E-state index contributed by atoms with van der Waals surface area (Å²) >= 11 is 0. The maximum atomic E-state index is 5.55. The molecule has 0 aliphatic carbocycles. The number of hydrogen-bond acceptors (Lipinski definition) is 4. The van der Waals surface area contributed by atoms with Crippen LogP contribution in [0.15, 0.2) is 35.1 Å². The highest BCUT2D eigenvalue weighted by molar-refractivity contribution is 5.34. The first kappa shape index (κ1) is 8.39. The van der Waals surface area contributed by atoms with Gasteiger partial charge in [-0.1, -0.05) is 0 Å². The van der Waals surface area contributed by atoms with Gasteiger partial charge in [0.1, 0.15) is 6.26 Å². The van der Waals surface area contributed by atoms with Crippen molar-refractivity contribution in [3.05, 3.63) is 30.5 Å². The third-order valence-corrected chi connectivity index (χ3v) is 1.20. The van der Waals surface area contributed by atoms with Crippen molar-refractivity contribution in [2.45, 2.75) is 0 Å². The number of methoxy groups -OCH3 is 1. The molecule has 0 amide bonds. The van der Waals surface area contributed by atoms with E-state index in [2.05, 4.69) is 5.16 Å². The van der Waals surface area contributed by atoms with Crippen LogP contribution in [-0.4, -0.2) is 12.3 Å². The molecule has 0 spiro atoms. The second-order valence-corrected chi connectivity index (χ2v) is 2.07. The van der Waals surface area contributed by atoms with Crippen molar-refractivity contribution in [3.8, 4) is 5.88 Å². The monoisotopic (exact) mass is 166 g/mol. The summed E-state index contributed by atoms with van der Waals surface area (Å²) in [5.74, 6) is 0.373. The van der Waals surface area contributed by atoms with Gasteiger partial charge < -0.3 is 15.0 Å². The number of rotatable bonds is 1. The Hall–Kier alpha value is -1.71. The Morgan fingerprint density at radius 1 is 1.42 bits per heavy atom. The van der Waals surface area contributed by atoms with Crippen molar-refractivity contribution >= 4 is 5.69 Å². The molecule has 0 saturated heterocycles. The highest BCUT2D eigenvalue weighted by atomic mass is 16.5. The maximum absolute atomic E-state index is 5.55. The van der Waals surface area contributed by atoms with E-state index < -0.39 is 0 Å². The summed E-state index contributed by atoms with van der Waals surface area (Å²) in [7, 11) is 1.51. The van der Waals surface area contributed by atoms with E-state index in [1.807, 2.05) is 0 Å². The Morgan fingerprint density at radius 3 is 3.00 bits per heavy atom. The fraction of sp³-hybridized carbons (Fsp3) is 0.125. The molecule has 0 radical (unpaired) electrons. The van der Waals surface area contributed by atoms with Crippen LogP contribution in [0.2, 0.25) is 0 Å². The van der Waals surface area contributed by atoms with Gasteiger partial charge in [0.2, 0.25) is 0 Å². The quantitative estimate of drug-likeness (QED) is 0.684. The molecule has 0 aliphatic rings. The van der Waals surface area contributed by atoms with Crippen LogP contribution < -0.4 is 10.5 Å². The summed E-state index contributed by atoms with van der Waals surface area (Å²) in [4.78, 5) is 0. The van der Waals surface area contributed by atoms with E-state index in [1.165, 1.54) is 13.4 Å². The fourth-order valence-corrected chi connectivity index (χ4v) is 0.627. The van der Waals surface area contributed by atoms with E-state index in [-0.39, 0.29) is 0 Å². The van der Waals surface area contributed by atoms with Gasteiger partial charge in [0.15, 0.2) is 0 Å². The van der Waals surface area contributed by atoms with Crippen molar-refractivity contribution in [2.24, 2.45) is 0 Å². The first-order valence-electron chi connectivity index (χ1n) is 3.41. The Bertz CT molecular complexity index is 295. The molecule has 1 heterocycles. The second kappa shape index (κ2) is 4.23. The van der Waals surface area contributed by atoms with Gasteiger partial charge in [0.25, 0.3) is 5.88 Å². The summed E-state index contributed by atoms with van der Waals surface area (Å²) in [6.07, 6.45) is 1.42. The molecule has 64 valence electrons. The molecule has 1 rings (SSSR count). The topological polar surface area (TPSA) is 61.3 Å². The van der Waals surface area contributed by atoms with Gasteiger partial charge in [0.05, 0.1) is 7.11 Å². The lowest BCUT2D eigenvalue weighted by Crippen LogP contribution is -1.83. The summed E-state index contributed by atoms with van der Waals surface area (Å²) in [5.41, 5.74) is 6.16. The van der Waals surface area contributed by atoms with Crippen molar-refractivity contribution < 1.29 is 9.26 Å². The zero-order valence-electron chi connectivity index (χ0n) is 6.73. The van der Waals surface area contributed by atoms with Gasteiger partial charge in [-0.3, -0.25) is 0 Å². The van der Waals surface area contributed by atoms with Crippen molar-refractivity contribution in [1.29, 1.82) is 0 Å². The maximum Gasteiger partial charge on any atom is 0.250 e. The van der Waals surface area contributed by atoms with Gasteiger partial charge >= 0.3 is 0 Å². The smallest absolute Gasteiger partial charge is 0.250 e. The van der Waals surface area contributed by atoms with Crippen molar-refractivity contribution in [1.82, 2.24) is 5.16 Å². The van der Waals surface area contributed by atoms with Crippen LogP contribution in [0.5, 0.6) is 5.88 Å². The molecule has 4 nitrogen and oxygen atoms in total. The summed E-state index contributed by atoms with van der Waals surface area (Å²) < 4.78 is 9.59. The normalized spacial score (nSPS) is 8.75. The van der Waals surface area contributed by atoms with Crippen LogP contribution in [0, 0.1) is 0 Å². The van der Waals surface area contributed by atoms with Gasteiger partial charge in [-0.25, -0.2) is 0 Å². The Labute approximate surface area is 70.3 Å². The Kier molecular flexibility index (Phi) is 2.95. The number of ether oxygens (including phenoxy) is 1. The summed E-state index contributed by atoms with van der Waals surface area (Å²) in [6.45, 7) is 0. The van der Waals surface area contributed by atoms with Crippen LogP contribution in [0.3, 0.4) is 0 Å². The summed E-state index contributed by atoms with van der Waals surface area (Å²) in [5, 5.41) is 3.63. The van der Waals surface area contributed by atoms with E-state index in [9.17, 15) is 0 Å². The van der Waals surface area contributed by atoms with Gasteiger partial charge in [0, 0.05) is 11.8 Å². The highest BCUT2D eigenvalue weighted by Gasteiger charge is 1.85. The molecule has 0 fully saturated rings. The van der Waals surface area contributed by atoms with Crippen LogP contribution >= 0.6 is 0 Å². The van der Waals surface area contributed by atoms with E-state index in [0.29, 0.717) is 11.6 Å². The average molecular weight is 166 g/mol. The van der Waals surface area contributed by atoms with E-state index in [1.54, 1.807) is 24.3 Å². The number of aromatic nitrogens is 1. The molecule has 1 aromatic heterocycles. The molecule has 0 atom stereocenters. The molecule has 0 unspecified atom stereocenters. The van der Waals surface area contributed by atoms with Gasteiger partial charge in [-0.05, 0) is 23.4 Å².